The van der Waals surface area contributed by atoms with Gasteiger partial charge in [0, 0.05) is 23.7 Å². The predicted octanol–water partition coefficient (Wildman–Crippen LogP) is 2.79. The minimum absolute atomic E-state index is 0.00335. The van der Waals surface area contributed by atoms with Gasteiger partial charge in [0.1, 0.15) is 5.75 Å². The lowest BCUT2D eigenvalue weighted by Gasteiger charge is -2.27. The van der Waals surface area contributed by atoms with Crippen molar-refractivity contribution in [2.45, 2.75) is 37.8 Å². The second kappa shape index (κ2) is 5.65. The Balaban J connectivity index is 1.93. The number of nitro benzene ring substituents is 1. The number of nitro groups is 1. The molecule has 1 aromatic heterocycles. The average Bonchev–Trinajstić information content (AvgIpc) is 2.49. The second-order valence-corrected chi connectivity index (χ2v) is 5.39. The molecule has 0 saturated heterocycles. The normalized spacial score (nSPS) is 22.1. The maximum atomic E-state index is 11.1. The molecule has 0 amide bonds. The summed E-state index contributed by atoms with van der Waals surface area (Å²) in [5, 5.41) is 11.7. The molecular weight excluding hydrogens is 270 g/mol. The SMILES string of the molecule is NC1CCC(Oc2ccc([N+](=O)[O-])c3ncccc23)CC1. The molecule has 1 heterocycles. The van der Waals surface area contributed by atoms with Crippen molar-refractivity contribution in [3.8, 4) is 5.75 Å². The lowest BCUT2D eigenvalue weighted by molar-refractivity contribution is -0.383. The van der Waals surface area contributed by atoms with E-state index in [4.69, 9.17) is 10.5 Å². The minimum Gasteiger partial charge on any atom is -0.490 e. The minimum atomic E-state index is -0.418. The summed E-state index contributed by atoms with van der Waals surface area (Å²) in [6.07, 6.45) is 5.41. The Bertz CT molecular complexity index is 666. The van der Waals surface area contributed by atoms with E-state index >= 15 is 0 Å². The number of fused-ring (bicyclic) bond motifs is 1. The topological polar surface area (TPSA) is 91.3 Å². The molecule has 0 radical (unpaired) electrons. The van der Waals surface area contributed by atoms with Gasteiger partial charge in [-0.15, -0.1) is 0 Å². The van der Waals surface area contributed by atoms with E-state index < -0.39 is 4.92 Å². The van der Waals surface area contributed by atoms with Gasteiger partial charge in [-0.3, -0.25) is 10.1 Å². The molecule has 1 fully saturated rings. The standard InChI is InChI=1S/C15H17N3O3/c16-10-3-5-11(6-4-10)21-14-8-7-13(18(19)20)15-12(14)2-1-9-17-15/h1-2,7-11H,3-6,16H2. The third-order valence-corrected chi connectivity index (χ3v) is 3.92. The monoisotopic (exact) mass is 287 g/mol. The number of hydrogen-bond donors (Lipinski definition) is 1. The molecule has 0 spiro atoms. The molecule has 1 aromatic carbocycles. The van der Waals surface area contributed by atoms with Crippen molar-refractivity contribution in [3.05, 3.63) is 40.6 Å². The third kappa shape index (κ3) is 2.80. The Hall–Kier alpha value is -2.21. The first-order valence-corrected chi connectivity index (χ1v) is 7.09. The number of nitrogens with two attached hydrogens (primary N) is 1. The zero-order valence-corrected chi connectivity index (χ0v) is 11.6. The molecular formula is C15H17N3O3. The molecule has 0 atom stereocenters. The molecule has 6 nitrogen and oxygen atoms in total. The van der Waals surface area contributed by atoms with Gasteiger partial charge < -0.3 is 10.5 Å². The second-order valence-electron chi connectivity index (χ2n) is 5.39. The summed E-state index contributed by atoms with van der Waals surface area (Å²) in [7, 11) is 0. The molecule has 2 aromatic rings. The van der Waals surface area contributed by atoms with Gasteiger partial charge in [-0.2, -0.15) is 0 Å². The summed E-state index contributed by atoms with van der Waals surface area (Å²) in [5.74, 6) is 0.657. The Morgan fingerprint density at radius 1 is 1.24 bits per heavy atom. The van der Waals surface area contributed by atoms with E-state index in [-0.39, 0.29) is 17.8 Å². The van der Waals surface area contributed by atoms with E-state index in [0.717, 1.165) is 25.7 Å². The fourth-order valence-corrected chi connectivity index (χ4v) is 2.77. The molecule has 2 N–H and O–H groups in total. The summed E-state index contributed by atoms with van der Waals surface area (Å²) < 4.78 is 6.03. The number of nitrogens with zero attached hydrogens (tertiary/aromatic N) is 2. The molecule has 0 unspecified atom stereocenters. The highest BCUT2D eigenvalue weighted by Gasteiger charge is 2.22. The lowest BCUT2D eigenvalue weighted by Crippen LogP contribution is -2.31. The average molecular weight is 287 g/mol. The lowest BCUT2D eigenvalue weighted by atomic mass is 9.93. The largest absolute Gasteiger partial charge is 0.490 e. The number of non-ortho nitro benzene ring substituents is 1. The van der Waals surface area contributed by atoms with Crippen LogP contribution in [0, 0.1) is 10.1 Å². The van der Waals surface area contributed by atoms with Crippen LogP contribution in [0.25, 0.3) is 10.9 Å². The van der Waals surface area contributed by atoms with E-state index in [0.29, 0.717) is 16.7 Å². The molecule has 3 rings (SSSR count). The van der Waals surface area contributed by atoms with Gasteiger partial charge in [0.2, 0.25) is 0 Å². The summed E-state index contributed by atoms with van der Waals surface area (Å²) in [6, 6.07) is 6.95. The van der Waals surface area contributed by atoms with Crippen molar-refractivity contribution < 1.29 is 9.66 Å². The van der Waals surface area contributed by atoms with Crippen LogP contribution in [0.2, 0.25) is 0 Å². The van der Waals surface area contributed by atoms with Crippen molar-refractivity contribution in [2.24, 2.45) is 5.73 Å². The molecule has 0 aliphatic heterocycles. The van der Waals surface area contributed by atoms with Gasteiger partial charge in [-0.05, 0) is 43.9 Å². The molecule has 21 heavy (non-hydrogen) atoms. The van der Waals surface area contributed by atoms with Crippen LogP contribution in [0.3, 0.4) is 0 Å². The highest BCUT2D eigenvalue weighted by atomic mass is 16.6. The van der Waals surface area contributed by atoms with E-state index in [1.807, 2.05) is 0 Å². The molecule has 1 aliphatic rings. The van der Waals surface area contributed by atoms with Crippen LogP contribution in [0.15, 0.2) is 30.5 Å². The van der Waals surface area contributed by atoms with Gasteiger partial charge >= 0.3 is 0 Å². The molecule has 6 heteroatoms. The van der Waals surface area contributed by atoms with Crippen molar-refractivity contribution >= 4 is 16.6 Å². The number of aromatic nitrogens is 1. The number of rotatable bonds is 3. The summed E-state index contributed by atoms with van der Waals surface area (Å²) in [4.78, 5) is 14.8. The fourth-order valence-electron chi connectivity index (χ4n) is 2.77. The van der Waals surface area contributed by atoms with Crippen LogP contribution in [0.4, 0.5) is 5.69 Å². The maximum Gasteiger partial charge on any atom is 0.295 e. The molecule has 0 bridgehead atoms. The van der Waals surface area contributed by atoms with Crippen molar-refractivity contribution in [3.63, 3.8) is 0 Å². The third-order valence-electron chi connectivity index (χ3n) is 3.92. The van der Waals surface area contributed by atoms with Crippen LogP contribution >= 0.6 is 0 Å². The van der Waals surface area contributed by atoms with Crippen LogP contribution in [-0.4, -0.2) is 22.1 Å². The number of ether oxygens (including phenoxy) is 1. The first-order valence-electron chi connectivity index (χ1n) is 7.09. The van der Waals surface area contributed by atoms with E-state index in [9.17, 15) is 10.1 Å². The first kappa shape index (κ1) is 13.8. The number of hydrogen-bond acceptors (Lipinski definition) is 5. The number of benzene rings is 1. The predicted molar refractivity (Wildman–Crippen MR) is 79.3 cm³/mol. The van der Waals surface area contributed by atoms with Crippen LogP contribution in [0.5, 0.6) is 5.75 Å². The van der Waals surface area contributed by atoms with Crippen molar-refractivity contribution in [1.29, 1.82) is 0 Å². The Morgan fingerprint density at radius 3 is 2.71 bits per heavy atom. The maximum absolute atomic E-state index is 11.1. The van der Waals surface area contributed by atoms with E-state index in [1.165, 1.54) is 6.07 Å². The zero-order valence-electron chi connectivity index (χ0n) is 11.6. The van der Waals surface area contributed by atoms with Crippen LogP contribution in [-0.2, 0) is 0 Å². The van der Waals surface area contributed by atoms with Gasteiger partial charge in [0.15, 0.2) is 5.52 Å². The van der Waals surface area contributed by atoms with Crippen molar-refractivity contribution in [2.75, 3.05) is 0 Å². The van der Waals surface area contributed by atoms with Gasteiger partial charge in [-0.1, -0.05) is 0 Å². The van der Waals surface area contributed by atoms with Gasteiger partial charge in [0.05, 0.1) is 11.0 Å². The smallest absolute Gasteiger partial charge is 0.295 e. The van der Waals surface area contributed by atoms with Crippen LogP contribution < -0.4 is 10.5 Å². The zero-order chi connectivity index (χ0) is 14.8. The summed E-state index contributed by atoms with van der Waals surface area (Å²) in [6.45, 7) is 0. The quantitative estimate of drug-likeness (QED) is 0.692. The molecule has 1 aliphatic carbocycles. The highest BCUT2D eigenvalue weighted by Crippen LogP contribution is 2.33. The first-order chi connectivity index (χ1) is 10.1. The van der Waals surface area contributed by atoms with Crippen molar-refractivity contribution in [1.82, 2.24) is 4.98 Å². The van der Waals surface area contributed by atoms with E-state index in [2.05, 4.69) is 4.98 Å². The van der Waals surface area contributed by atoms with Gasteiger partial charge in [0.25, 0.3) is 5.69 Å². The van der Waals surface area contributed by atoms with Gasteiger partial charge in [-0.25, -0.2) is 4.98 Å². The Morgan fingerprint density at radius 2 is 2.00 bits per heavy atom. The highest BCUT2D eigenvalue weighted by molar-refractivity contribution is 5.92. The fraction of sp³-hybridized carbons (Fsp3) is 0.400. The summed E-state index contributed by atoms with van der Waals surface area (Å²) >= 11 is 0. The molecule has 110 valence electrons. The summed E-state index contributed by atoms with van der Waals surface area (Å²) in [5.41, 5.74) is 6.26. The van der Waals surface area contributed by atoms with E-state index in [1.54, 1.807) is 24.4 Å². The Kier molecular flexibility index (Phi) is 3.70. The van der Waals surface area contributed by atoms with Crippen LogP contribution in [0.1, 0.15) is 25.7 Å². The number of pyridine rings is 1. The molecule has 1 saturated carbocycles. The Labute approximate surface area is 122 Å².